The molecule has 0 aromatic rings. The summed E-state index contributed by atoms with van der Waals surface area (Å²) >= 11 is 0. The summed E-state index contributed by atoms with van der Waals surface area (Å²) in [5.74, 6) is -0.837. The third-order valence-corrected chi connectivity index (χ3v) is 4.27. The Hall–Kier alpha value is -1.10. The number of nitrogens with zero attached hydrogens (tertiary/aromatic N) is 1. The van der Waals surface area contributed by atoms with E-state index in [0.29, 0.717) is 32.6 Å². The SMILES string of the molecule is CCC1COCCN1C(=O)CC1(C(=O)O)CCC1. The van der Waals surface area contributed by atoms with Gasteiger partial charge in [-0.15, -0.1) is 0 Å². The Morgan fingerprint density at radius 1 is 1.44 bits per heavy atom. The Kier molecular flexibility index (Phi) is 3.90. The summed E-state index contributed by atoms with van der Waals surface area (Å²) in [6.07, 6.45) is 3.19. The van der Waals surface area contributed by atoms with E-state index in [-0.39, 0.29) is 18.4 Å². The summed E-state index contributed by atoms with van der Waals surface area (Å²) in [6.45, 7) is 3.74. The van der Waals surface area contributed by atoms with Crippen molar-refractivity contribution in [3.63, 3.8) is 0 Å². The van der Waals surface area contributed by atoms with Crippen LogP contribution in [0.1, 0.15) is 39.0 Å². The van der Waals surface area contributed by atoms with E-state index in [2.05, 4.69) is 0 Å². The predicted molar refractivity (Wildman–Crippen MR) is 65.1 cm³/mol. The number of aliphatic carboxylic acids is 1. The molecule has 1 unspecified atom stereocenters. The first-order chi connectivity index (χ1) is 8.59. The summed E-state index contributed by atoms with van der Waals surface area (Å²) in [7, 11) is 0. The molecule has 1 atom stereocenters. The van der Waals surface area contributed by atoms with Crippen LogP contribution < -0.4 is 0 Å². The molecule has 0 aromatic heterocycles. The summed E-state index contributed by atoms with van der Waals surface area (Å²) in [4.78, 5) is 25.4. The standard InChI is InChI=1S/C13H21NO4/c1-2-10-9-18-7-6-14(10)11(15)8-13(12(16)17)4-3-5-13/h10H,2-9H2,1H3,(H,16,17). The summed E-state index contributed by atoms with van der Waals surface area (Å²) in [5, 5.41) is 9.26. The molecule has 18 heavy (non-hydrogen) atoms. The molecule has 2 rings (SSSR count). The minimum absolute atomic E-state index is 0.0211. The number of carboxylic acid groups (broad SMARTS) is 1. The first-order valence-corrected chi connectivity index (χ1v) is 6.70. The molecule has 5 heteroatoms. The zero-order valence-corrected chi connectivity index (χ0v) is 10.9. The fraction of sp³-hybridized carbons (Fsp3) is 0.846. The van der Waals surface area contributed by atoms with Gasteiger partial charge in [0.2, 0.25) is 5.91 Å². The molecule has 1 saturated heterocycles. The van der Waals surface area contributed by atoms with Crippen molar-refractivity contribution < 1.29 is 19.4 Å². The van der Waals surface area contributed by atoms with Crippen molar-refractivity contribution in [2.45, 2.75) is 45.1 Å². The van der Waals surface area contributed by atoms with Crippen molar-refractivity contribution in [3.8, 4) is 0 Å². The Bertz CT molecular complexity index is 338. The van der Waals surface area contributed by atoms with Gasteiger partial charge >= 0.3 is 5.97 Å². The fourth-order valence-corrected chi connectivity index (χ4v) is 2.78. The van der Waals surface area contributed by atoms with E-state index >= 15 is 0 Å². The molecule has 0 spiro atoms. The second-order valence-corrected chi connectivity index (χ2v) is 5.34. The maximum atomic E-state index is 12.3. The second kappa shape index (κ2) is 5.26. The van der Waals surface area contributed by atoms with Gasteiger partial charge in [-0.3, -0.25) is 9.59 Å². The van der Waals surface area contributed by atoms with Crippen LogP contribution in [-0.4, -0.2) is 47.7 Å². The number of carbonyl (C=O) groups is 2. The highest BCUT2D eigenvalue weighted by molar-refractivity contribution is 5.85. The number of morpholine rings is 1. The number of carboxylic acids is 1. The van der Waals surface area contributed by atoms with Crippen molar-refractivity contribution in [3.05, 3.63) is 0 Å². The summed E-state index contributed by atoms with van der Waals surface area (Å²) in [5.41, 5.74) is -0.784. The molecule has 2 aliphatic rings. The zero-order chi connectivity index (χ0) is 13.2. The lowest BCUT2D eigenvalue weighted by molar-refractivity contribution is -0.161. The van der Waals surface area contributed by atoms with E-state index in [1.54, 1.807) is 0 Å². The molecular weight excluding hydrogens is 234 g/mol. The van der Waals surface area contributed by atoms with E-state index < -0.39 is 11.4 Å². The molecule has 0 radical (unpaired) electrons. The second-order valence-electron chi connectivity index (χ2n) is 5.34. The first kappa shape index (κ1) is 13.3. The van der Waals surface area contributed by atoms with Crippen molar-refractivity contribution >= 4 is 11.9 Å². The van der Waals surface area contributed by atoms with Crippen molar-refractivity contribution in [1.82, 2.24) is 4.90 Å². The van der Waals surface area contributed by atoms with Gasteiger partial charge in [0.15, 0.2) is 0 Å². The molecule has 1 N–H and O–H groups in total. The quantitative estimate of drug-likeness (QED) is 0.821. The summed E-state index contributed by atoms with van der Waals surface area (Å²) in [6, 6.07) is 0.108. The molecule has 102 valence electrons. The first-order valence-electron chi connectivity index (χ1n) is 6.70. The topological polar surface area (TPSA) is 66.8 Å². The third-order valence-electron chi connectivity index (χ3n) is 4.27. The van der Waals surface area contributed by atoms with Crippen LogP contribution in [0.15, 0.2) is 0 Å². The van der Waals surface area contributed by atoms with Crippen LogP contribution in [0, 0.1) is 5.41 Å². The van der Waals surface area contributed by atoms with E-state index in [1.165, 1.54) is 0 Å². The van der Waals surface area contributed by atoms with Gasteiger partial charge in [0.25, 0.3) is 0 Å². The molecule has 1 saturated carbocycles. The molecule has 1 aliphatic heterocycles. The maximum absolute atomic E-state index is 12.3. The number of amides is 1. The molecule has 2 fully saturated rings. The van der Waals surface area contributed by atoms with Crippen molar-refractivity contribution in [1.29, 1.82) is 0 Å². The minimum Gasteiger partial charge on any atom is -0.481 e. The molecule has 1 heterocycles. The smallest absolute Gasteiger partial charge is 0.310 e. The monoisotopic (exact) mass is 255 g/mol. The van der Waals surface area contributed by atoms with Crippen LogP contribution in [0.5, 0.6) is 0 Å². The maximum Gasteiger partial charge on any atom is 0.310 e. The predicted octanol–water partition coefficient (Wildman–Crippen LogP) is 1.27. The molecular formula is C13H21NO4. The van der Waals surface area contributed by atoms with E-state index in [1.807, 2.05) is 11.8 Å². The van der Waals surface area contributed by atoms with Gasteiger partial charge in [-0.25, -0.2) is 0 Å². The molecule has 1 amide bonds. The number of hydrogen-bond donors (Lipinski definition) is 1. The number of carbonyl (C=O) groups excluding carboxylic acids is 1. The molecule has 5 nitrogen and oxygen atoms in total. The van der Waals surface area contributed by atoms with Gasteiger partial charge in [0, 0.05) is 13.0 Å². The Morgan fingerprint density at radius 3 is 2.67 bits per heavy atom. The Labute approximate surface area is 107 Å². The van der Waals surface area contributed by atoms with Crippen LogP contribution in [0.2, 0.25) is 0 Å². The number of ether oxygens (including phenoxy) is 1. The van der Waals surface area contributed by atoms with Gasteiger partial charge in [-0.1, -0.05) is 13.3 Å². The minimum atomic E-state index is -0.816. The van der Waals surface area contributed by atoms with E-state index in [4.69, 9.17) is 4.74 Å². The third kappa shape index (κ3) is 2.36. The van der Waals surface area contributed by atoms with E-state index in [0.717, 1.165) is 12.8 Å². The van der Waals surface area contributed by atoms with Crippen LogP contribution in [-0.2, 0) is 14.3 Å². The normalized spacial score (nSPS) is 26.5. The van der Waals surface area contributed by atoms with Crippen LogP contribution in [0.3, 0.4) is 0 Å². The zero-order valence-electron chi connectivity index (χ0n) is 10.9. The highest BCUT2D eigenvalue weighted by Gasteiger charge is 2.47. The lowest BCUT2D eigenvalue weighted by atomic mass is 9.66. The Morgan fingerprint density at radius 2 is 2.17 bits per heavy atom. The summed E-state index contributed by atoms with van der Waals surface area (Å²) < 4.78 is 5.36. The molecule has 0 bridgehead atoms. The lowest BCUT2D eigenvalue weighted by Crippen LogP contribution is -2.51. The molecule has 0 aromatic carbocycles. The van der Waals surface area contributed by atoms with E-state index in [9.17, 15) is 14.7 Å². The van der Waals surface area contributed by atoms with Crippen molar-refractivity contribution in [2.75, 3.05) is 19.8 Å². The van der Waals surface area contributed by atoms with Gasteiger partial charge in [0.05, 0.1) is 24.7 Å². The lowest BCUT2D eigenvalue weighted by Gasteiger charge is -2.41. The number of rotatable bonds is 4. The van der Waals surface area contributed by atoms with Gasteiger partial charge in [-0.05, 0) is 19.3 Å². The largest absolute Gasteiger partial charge is 0.481 e. The van der Waals surface area contributed by atoms with Crippen LogP contribution >= 0.6 is 0 Å². The fourth-order valence-electron chi connectivity index (χ4n) is 2.78. The van der Waals surface area contributed by atoms with Gasteiger partial charge in [0.1, 0.15) is 0 Å². The average molecular weight is 255 g/mol. The highest BCUT2D eigenvalue weighted by atomic mass is 16.5. The number of hydrogen-bond acceptors (Lipinski definition) is 3. The van der Waals surface area contributed by atoms with Crippen molar-refractivity contribution in [2.24, 2.45) is 5.41 Å². The average Bonchev–Trinajstić information content (AvgIpc) is 2.33. The highest BCUT2D eigenvalue weighted by Crippen LogP contribution is 2.44. The van der Waals surface area contributed by atoms with Crippen LogP contribution in [0.4, 0.5) is 0 Å². The molecule has 1 aliphatic carbocycles. The van der Waals surface area contributed by atoms with Crippen LogP contribution in [0.25, 0.3) is 0 Å². The van der Waals surface area contributed by atoms with Gasteiger partial charge < -0.3 is 14.7 Å². The van der Waals surface area contributed by atoms with Gasteiger partial charge in [-0.2, -0.15) is 0 Å². The Balaban J connectivity index is 2.00.